The summed E-state index contributed by atoms with van der Waals surface area (Å²) in [5.74, 6) is -2.10. The third-order valence-corrected chi connectivity index (χ3v) is 5.83. The lowest BCUT2D eigenvalue weighted by molar-refractivity contribution is -0.141. The first-order valence-electron chi connectivity index (χ1n) is 11.8. The molecule has 0 saturated carbocycles. The Morgan fingerprint density at radius 1 is 0.821 bits per heavy atom. The summed E-state index contributed by atoms with van der Waals surface area (Å²) in [6, 6.07) is 20.7. The number of hydrogen-bond acceptors (Lipinski definition) is 7. The third-order valence-electron chi connectivity index (χ3n) is 5.83. The van der Waals surface area contributed by atoms with Crippen molar-refractivity contribution in [2.24, 2.45) is 0 Å². The zero-order valence-corrected chi connectivity index (χ0v) is 21.0. The minimum atomic E-state index is -0.757. The summed E-state index contributed by atoms with van der Waals surface area (Å²) in [6.45, 7) is 3.52. The fourth-order valence-corrected chi connectivity index (χ4v) is 3.70. The number of benzene rings is 3. The van der Waals surface area contributed by atoms with Crippen LogP contribution in [0.15, 0.2) is 103 Å². The second-order valence-corrected chi connectivity index (χ2v) is 8.48. The number of methoxy groups -OCH3 is 1. The maximum absolute atomic E-state index is 12.6. The number of carbonyl (C=O) groups excluding carboxylic acids is 5. The Hall–Kier alpha value is -5.37. The summed E-state index contributed by atoms with van der Waals surface area (Å²) in [4.78, 5) is 60.6. The Morgan fingerprint density at radius 2 is 1.38 bits per heavy atom. The van der Waals surface area contributed by atoms with Gasteiger partial charge in [-0.1, -0.05) is 49.1 Å². The van der Waals surface area contributed by atoms with Gasteiger partial charge in [0, 0.05) is 23.3 Å². The molecule has 0 atom stereocenters. The second-order valence-electron chi connectivity index (χ2n) is 8.48. The molecule has 39 heavy (non-hydrogen) atoms. The van der Waals surface area contributed by atoms with Gasteiger partial charge >= 0.3 is 11.9 Å². The van der Waals surface area contributed by atoms with Gasteiger partial charge in [-0.05, 0) is 59.2 Å². The fourth-order valence-electron chi connectivity index (χ4n) is 3.70. The van der Waals surface area contributed by atoms with Gasteiger partial charge in [0.2, 0.25) is 0 Å². The molecule has 8 heteroatoms. The molecular formula is C31H23NO7. The Bertz CT molecular complexity index is 1490. The highest BCUT2D eigenvalue weighted by Crippen LogP contribution is 2.25. The number of nitrogens with zero attached hydrogens (tertiary/aromatic N) is 1. The quantitative estimate of drug-likeness (QED) is 0.132. The SMILES string of the molecule is C=C(CC(=O)OC)C(=O)Oc1ccc(C(=O)/C=C/c2ccc(-c3ccc(N4C(=O)C=CC4=O)cc3)cc2)cc1. The van der Waals surface area contributed by atoms with Gasteiger partial charge < -0.3 is 9.47 Å². The van der Waals surface area contributed by atoms with Crippen LogP contribution in [0, 0.1) is 0 Å². The molecule has 0 bridgehead atoms. The van der Waals surface area contributed by atoms with E-state index in [1.807, 2.05) is 36.4 Å². The van der Waals surface area contributed by atoms with E-state index in [-0.39, 0.29) is 35.3 Å². The van der Waals surface area contributed by atoms with Gasteiger partial charge in [0.25, 0.3) is 11.8 Å². The number of allylic oxidation sites excluding steroid dienone is 1. The fraction of sp³-hybridized carbons (Fsp3) is 0.0645. The average molecular weight is 522 g/mol. The molecule has 1 aliphatic heterocycles. The number of anilines is 1. The first-order valence-corrected chi connectivity index (χ1v) is 11.8. The maximum atomic E-state index is 12.6. The van der Waals surface area contributed by atoms with Crippen LogP contribution in [-0.2, 0) is 23.9 Å². The monoisotopic (exact) mass is 521 g/mol. The summed E-state index contributed by atoms with van der Waals surface area (Å²) >= 11 is 0. The van der Waals surface area contributed by atoms with Crippen molar-refractivity contribution in [3.8, 4) is 16.9 Å². The standard InChI is InChI=1S/C31H23NO7/c1-20(19-30(36)38-2)31(37)39-26-14-10-24(11-15-26)27(33)16-5-21-3-6-22(7-4-21)23-8-12-25(13-9-23)32-28(34)17-18-29(32)35/h3-18H,1,19H2,2H3/b16-5+. The van der Waals surface area contributed by atoms with Crippen LogP contribution in [-0.4, -0.2) is 36.6 Å². The van der Waals surface area contributed by atoms with E-state index in [4.69, 9.17) is 4.74 Å². The van der Waals surface area contributed by atoms with E-state index < -0.39 is 11.9 Å². The van der Waals surface area contributed by atoms with Crippen molar-refractivity contribution in [1.29, 1.82) is 0 Å². The molecule has 0 spiro atoms. The number of ether oxygens (including phenoxy) is 2. The van der Waals surface area contributed by atoms with Crippen LogP contribution in [0.4, 0.5) is 5.69 Å². The van der Waals surface area contributed by atoms with E-state index in [0.29, 0.717) is 11.3 Å². The molecule has 0 N–H and O–H groups in total. The van der Waals surface area contributed by atoms with Gasteiger partial charge in [0.05, 0.1) is 19.2 Å². The highest BCUT2D eigenvalue weighted by atomic mass is 16.5. The Labute approximate surface area is 224 Å². The normalized spacial score (nSPS) is 12.6. The van der Waals surface area contributed by atoms with Crippen LogP contribution >= 0.6 is 0 Å². The number of imide groups is 1. The summed E-state index contributed by atoms with van der Waals surface area (Å²) in [5, 5.41) is 0. The number of ketones is 1. The van der Waals surface area contributed by atoms with Crippen molar-refractivity contribution in [2.75, 3.05) is 12.0 Å². The highest BCUT2D eigenvalue weighted by Gasteiger charge is 2.24. The van der Waals surface area contributed by atoms with Gasteiger partial charge in [-0.2, -0.15) is 0 Å². The first kappa shape index (κ1) is 26.7. The summed E-state index contributed by atoms with van der Waals surface area (Å²) in [7, 11) is 1.21. The lowest BCUT2D eigenvalue weighted by Crippen LogP contribution is -2.29. The molecule has 0 aliphatic carbocycles. The number of esters is 2. The van der Waals surface area contributed by atoms with Crippen molar-refractivity contribution in [2.45, 2.75) is 6.42 Å². The van der Waals surface area contributed by atoms with Gasteiger partial charge in [-0.3, -0.25) is 19.2 Å². The van der Waals surface area contributed by atoms with Crippen molar-refractivity contribution in [3.05, 3.63) is 114 Å². The van der Waals surface area contributed by atoms with Gasteiger partial charge in [0.15, 0.2) is 5.78 Å². The van der Waals surface area contributed by atoms with Crippen LogP contribution in [0.2, 0.25) is 0 Å². The van der Waals surface area contributed by atoms with Gasteiger partial charge in [-0.15, -0.1) is 0 Å². The van der Waals surface area contributed by atoms with Crippen LogP contribution in [0.1, 0.15) is 22.3 Å². The minimum Gasteiger partial charge on any atom is -0.469 e. The van der Waals surface area contributed by atoms with E-state index in [9.17, 15) is 24.0 Å². The molecule has 8 nitrogen and oxygen atoms in total. The molecule has 0 fully saturated rings. The lowest BCUT2D eigenvalue weighted by Gasteiger charge is -2.14. The lowest BCUT2D eigenvalue weighted by atomic mass is 10.0. The Balaban J connectivity index is 1.34. The number of carbonyl (C=O) groups is 5. The van der Waals surface area contributed by atoms with Crippen molar-refractivity contribution >= 4 is 41.3 Å². The molecule has 3 aromatic rings. The molecule has 1 heterocycles. The number of amides is 2. The Morgan fingerprint density at radius 3 is 1.95 bits per heavy atom. The predicted octanol–water partition coefficient (Wildman–Crippen LogP) is 4.70. The van der Waals surface area contributed by atoms with E-state index in [1.165, 1.54) is 49.6 Å². The van der Waals surface area contributed by atoms with Gasteiger partial charge in [-0.25, -0.2) is 9.69 Å². The van der Waals surface area contributed by atoms with Crippen molar-refractivity contribution in [3.63, 3.8) is 0 Å². The largest absolute Gasteiger partial charge is 0.469 e. The van der Waals surface area contributed by atoms with Crippen molar-refractivity contribution < 1.29 is 33.4 Å². The van der Waals surface area contributed by atoms with Crippen LogP contribution in [0.5, 0.6) is 5.75 Å². The van der Waals surface area contributed by atoms with Crippen LogP contribution < -0.4 is 9.64 Å². The zero-order chi connectivity index (χ0) is 27.9. The van der Waals surface area contributed by atoms with E-state index in [1.54, 1.807) is 18.2 Å². The van der Waals surface area contributed by atoms with E-state index in [2.05, 4.69) is 11.3 Å². The van der Waals surface area contributed by atoms with Crippen LogP contribution in [0.3, 0.4) is 0 Å². The zero-order valence-electron chi connectivity index (χ0n) is 21.0. The summed E-state index contributed by atoms with van der Waals surface area (Å²) < 4.78 is 9.66. The number of hydrogen-bond donors (Lipinski definition) is 0. The molecule has 2 amide bonds. The summed E-state index contributed by atoms with van der Waals surface area (Å²) in [6.07, 6.45) is 5.35. The predicted molar refractivity (Wildman–Crippen MR) is 145 cm³/mol. The molecule has 0 unspecified atom stereocenters. The summed E-state index contributed by atoms with van der Waals surface area (Å²) in [5.41, 5.74) is 3.53. The second kappa shape index (κ2) is 11.8. The molecule has 0 saturated heterocycles. The van der Waals surface area contributed by atoms with Crippen molar-refractivity contribution in [1.82, 2.24) is 0 Å². The van der Waals surface area contributed by atoms with Gasteiger partial charge in [0.1, 0.15) is 5.75 Å². The molecule has 0 radical (unpaired) electrons. The first-order chi connectivity index (χ1) is 18.7. The number of rotatable bonds is 9. The van der Waals surface area contributed by atoms with E-state index >= 15 is 0 Å². The average Bonchev–Trinajstić information content (AvgIpc) is 3.29. The third kappa shape index (κ3) is 6.50. The van der Waals surface area contributed by atoms with E-state index in [0.717, 1.165) is 21.6 Å². The van der Waals surface area contributed by atoms with Crippen LogP contribution in [0.25, 0.3) is 17.2 Å². The topological polar surface area (TPSA) is 107 Å². The molecule has 194 valence electrons. The molecule has 0 aromatic heterocycles. The maximum Gasteiger partial charge on any atom is 0.339 e. The smallest absolute Gasteiger partial charge is 0.339 e. The highest BCUT2D eigenvalue weighted by molar-refractivity contribution is 6.28. The minimum absolute atomic E-state index is 0.0411. The molecule has 3 aromatic carbocycles. The Kier molecular flexibility index (Phi) is 8.06. The molecular weight excluding hydrogens is 498 g/mol. The molecule has 1 aliphatic rings. The molecule has 4 rings (SSSR count).